The largest absolute Gasteiger partial charge is 0.550 e. The first-order valence-corrected chi connectivity index (χ1v) is 15.4. The van der Waals surface area contributed by atoms with E-state index < -0.39 is 5.97 Å². The summed E-state index contributed by atoms with van der Waals surface area (Å²) in [5, 5.41) is 10.5. The number of nitrogens with zero attached hydrogens (tertiary/aromatic N) is 1. The van der Waals surface area contributed by atoms with Crippen molar-refractivity contribution in [3.8, 4) is 28.7 Å². The predicted octanol–water partition coefficient (Wildman–Crippen LogP) is 4.43. The number of aliphatic carboxylic acids is 1. The molecule has 2 atom stereocenters. The summed E-state index contributed by atoms with van der Waals surface area (Å²) >= 11 is 0. The van der Waals surface area contributed by atoms with E-state index in [0.29, 0.717) is 42.4 Å². The third-order valence-electron chi connectivity index (χ3n) is 8.64. The number of quaternary nitrogens is 1. The first-order chi connectivity index (χ1) is 21.2. The van der Waals surface area contributed by atoms with Crippen molar-refractivity contribution in [2.75, 3.05) is 62.3 Å². The summed E-state index contributed by atoms with van der Waals surface area (Å²) in [7, 11) is 10.4. The van der Waals surface area contributed by atoms with Crippen LogP contribution in [0.2, 0.25) is 0 Å². The van der Waals surface area contributed by atoms with Gasteiger partial charge in [-0.05, 0) is 54.7 Å². The smallest absolute Gasteiger partial charge is 0.305 e. The molecule has 0 N–H and O–H groups in total. The van der Waals surface area contributed by atoms with Crippen LogP contribution in [0.15, 0.2) is 24.3 Å². The zero-order valence-corrected chi connectivity index (χ0v) is 27.2. The molecule has 2 aromatic carbocycles. The highest BCUT2D eigenvalue weighted by Gasteiger charge is 2.40. The number of esters is 1. The van der Waals surface area contributed by atoms with Crippen LogP contribution >= 0.6 is 0 Å². The van der Waals surface area contributed by atoms with E-state index in [0.717, 1.165) is 73.8 Å². The van der Waals surface area contributed by atoms with Crippen LogP contribution in [-0.4, -0.2) is 78.7 Å². The van der Waals surface area contributed by atoms with Gasteiger partial charge >= 0.3 is 5.97 Å². The molecule has 0 bridgehead atoms. The van der Waals surface area contributed by atoms with Crippen LogP contribution in [0.4, 0.5) is 0 Å². The monoisotopic (exact) mass is 615 g/mol. The predicted molar refractivity (Wildman–Crippen MR) is 165 cm³/mol. The zero-order chi connectivity index (χ0) is 32.1. The highest BCUT2D eigenvalue weighted by molar-refractivity contribution is 5.69. The molecule has 10 heteroatoms. The van der Waals surface area contributed by atoms with Crippen molar-refractivity contribution in [3.05, 3.63) is 41.0 Å². The molecule has 44 heavy (non-hydrogen) atoms. The summed E-state index contributed by atoms with van der Waals surface area (Å²) in [6.07, 6.45) is 6.81. The zero-order valence-electron chi connectivity index (χ0n) is 27.2. The van der Waals surface area contributed by atoms with Crippen LogP contribution in [0.25, 0.3) is 0 Å². The van der Waals surface area contributed by atoms with Gasteiger partial charge in [0.2, 0.25) is 5.75 Å². The van der Waals surface area contributed by atoms with Crippen molar-refractivity contribution in [3.63, 3.8) is 0 Å². The van der Waals surface area contributed by atoms with Crippen molar-refractivity contribution >= 4 is 11.9 Å². The van der Waals surface area contributed by atoms with Crippen LogP contribution in [0, 0.1) is 0 Å². The van der Waals surface area contributed by atoms with Crippen molar-refractivity contribution < 1.29 is 47.6 Å². The van der Waals surface area contributed by atoms with Gasteiger partial charge in [0.1, 0.15) is 6.04 Å². The Kier molecular flexibility index (Phi) is 13.4. The van der Waals surface area contributed by atoms with Crippen molar-refractivity contribution in [2.45, 2.75) is 70.3 Å². The molecule has 0 fully saturated rings. The van der Waals surface area contributed by atoms with Crippen LogP contribution < -0.4 is 28.8 Å². The number of likely N-dealkylation sites (N-methyl/N-ethyl adjacent to an activating group) is 1. The Labute approximate surface area is 261 Å². The van der Waals surface area contributed by atoms with Gasteiger partial charge in [-0.15, -0.1) is 0 Å². The van der Waals surface area contributed by atoms with E-state index in [1.54, 1.807) is 35.5 Å². The highest BCUT2D eigenvalue weighted by atomic mass is 16.5. The van der Waals surface area contributed by atoms with E-state index in [2.05, 4.69) is 19.2 Å². The summed E-state index contributed by atoms with van der Waals surface area (Å²) in [6, 6.07) is 8.29. The summed E-state index contributed by atoms with van der Waals surface area (Å²) in [5.41, 5.74) is 3.51. The van der Waals surface area contributed by atoms with Crippen molar-refractivity contribution in [1.82, 2.24) is 0 Å². The van der Waals surface area contributed by atoms with Gasteiger partial charge in [0.25, 0.3) is 0 Å². The molecule has 0 aromatic heterocycles. The molecule has 0 saturated carbocycles. The van der Waals surface area contributed by atoms with Gasteiger partial charge in [-0.3, -0.25) is 4.79 Å². The lowest BCUT2D eigenvalue weighted by Crippen LogP contribution is -2.52. The average Bonchev–Trinajstić information content (AvgIpc) is 3.02. The number of hydrogen-bond donors (Lipinski definition) is 0. The number of rotatable bonds is 19. The fourth-order valence-electron chi connectivity index (χ4n) is 6.16. The Bertz CT molecular complexity index is 1220. The first-order valence-electron chi connectivity index (χ1n) is 15.4. The number of fused-ring (bicyclic) bond motifs is 1. The second kappa shape index (κ2) is 17.0. The number of carbonyl (C=O) groups excluding carboxylic acids is 2. The first kappa shape index (κ1) is 34.8. The van der Waals surface area contributed by atoms with Crippen molar-refractivity contribution in [1.29, 1.82) is 0 Å². The molecule has 244 valence electrons. The number of hydrogen-bond acceptors (Lipinski definition) is 9. The molecule has 10 nitrogen and oxygen atoms in total. The fraction of sp³-hybridized carbons (Fsp3) is 0.588. The molecule has 1 heterocycles. The number of benzene rings is 2. The minimum atomic E-state index is -1.01. The number of ether oxygens (including phenoxy) is 6. The molecule has 0 spiro atoms. The van der Waals surface area contributed by atoms with Gasteiger partial charge in [0, 0.05) is 37.2 Å². The Morgan fingerprint density at radius 3 is 1.95 bits per heavy atom. The second-order valence-corrected chi connectivity index (χ2v) is 11.5. The maximum atomic E-state index is 12.4. The second-order valence-electron chi connectivity index (χ2n) is 11.5. The van der Waals surface area contributed by atoms with Crippen LogP contribution in [0.3, 0.4) is 0 Å². The van der Waals surface area contributed by atoms with Gasteiger partial charge in [-0.25, -0.2) is 0 Å². The number of carboxylic acids is 1. The molecule has 0 saturated heterocycles. The lowest BCUT2D eigenvalue weighted by Gasteiger charge is -2.46. The van der Waals surface area contributed by atoms with E-state index >= 15 is 0 Å². The SMILES string of the molecule is COc1cc2c(cc1OC)[C@@H](Cc1cc(OC)c(OC)c(OC)c1)[N@+](C)(CCCOC(=O)CCCCCCCC(=O)[O-])CC2. The average molecular weight is 616 g/mol. The van der Waals surface area contributed by atoms with Gasteiger partial charge in [-0.1, -0.05) is 19.3 Å². The molecule has 0 aliphatic carbocycles. The minimum absolute atomic E-state index is 0.0916. The van der Waals surface area contributed by atoms with Gasteiger partial charge in [0.15, 0.2) is 23.0 Å². The Morgan fingerprint density at radius 1 is 0.773 bits per heavy atom. The Balaban J connectivity index is 1.71. The third-order valence-corrected chi connectivity index (χ3v) is 8.64. The standard InChI is InChI=1S/C34H49NO9/c1-35(16-12-18-44-33(38)14-11-9-7-8-10-13-32(36)37)17-15-25-22-28(39-2)29(40-3)23-26(25)27(35)19-24-20-30(41-4)34(43-6)31(21-24)42-5/h20-23,27H,7-19H2,1-6H3/t27-,35-/m1/s1. The minimum Gasteiger partial charge on any atom is -0.550 e. The number of unbranched alkanes of at least 4 members (excludes halogenated alkanes) is 4. The molecule has 2 aromatic rings. The van der Waals surface area contributed by atoms with Crippen LogP contribution in [-0.2, 0) is 27.2 Å². The van der Waals surface area contributed by atoms with E-state index in [4.69, 9.17) is 28.4 Å². The van der Waals surface area contributed by atoms with Crippen LogP contribution in [0.5, 0.6) is 28.7 Å². The van der Waals surface area contributed by atoms with E-state index in [-0.39, 0.29) is 18.4 Å². The summed E-state index contributed by atoms with van der Waals surface area (Å²) in [4.78, 5) is 22.9. The molecular weight excluding hydrogens is 566 g/mol. The summed E-state index contributed by atoms with van der Waals surface area (Å²) in [5.74, 6) is 2.01. The van der Waals surface area contributed by atoms with E-state index in [1.807, 2.05) is 12.1 Å². The molecule has 1 aliphatic heterocycles. The quantitative estimate of drug-likeness (QED) is 0.129. The van der Waals surface area contributed by atoms with Crippen LogP contribution in [0.1, 0.15) is 74.1 Å². The number of carbonyl (C=O) groups is 2. The maximum absolute atomic E-state index is 12.4. The lowest BCUT2D eigenvalue weighted by molar-refractivity contribution is -0.941. The summed E-state index contributed by atoms with van der Waals surface area (Å²) in [6.45, 7) is 2.12. The molecule has 3 rings (SSSR count). The van der Waals surface area contributed by atoms with E-state index in [1.165, 1.54) is 11.1 Å². The Hall–Kier alpha value is -3.66. The normalized spacial score (nSPS) is 17.4. The molecule has 1 aliphatic rings. The number of methoxy groups -OCH3 is 5. The highest BCUT2D eigenvalue weighted by Crippen LogP contribution is 2.44. The third kappa shape index (κ3) is 9.17. The van der Waals surface area contributed by atoms with Crippen molar-refractivity contribution in [2.24, 2.45) is 0 Å². The van der Waals surface area contributed by atoms with E-state index in [9.17, 15) is 14.7 Å². The lowest BCUT2D eigenvalue weighted by atomic mass is 9.86. The topological polar surface area (TPSA) is 113 Å². The molecule has 0 amide bonds. The van der Waals surface area contributed by atoms with Gasteiger partial charge in [-0.2, -0.15) is 0 Å². The maximum Gasteiger partial charge on any atom is 0.305 e. The molecular formula is C34H49NO9. The number of carboxylic acid groups (broad SMARTS) is 1. The fourth-order valence-corrected chi connectivity index (χ4v) is 6.16. The Morgan fingerprint density at radius 2 is 1.36 bits per heavy atom. The summed E-state index contributed by atoms with van der Waals surface area (Å²) < 4.78 is 34.5. The van der Waals surface area contributed by atoms with Gasteiger partial charge in [0.05, 0.1) is 62.3 Å². The molecule has 0 unspecified atom stereocenters. The molecule has 0 radical (unpaired) electrons. The van der Waals surface area contributed by atoms with Gasteiger partial charge < -0.3 is 42.8 Å².